The lowest BCUT2D eigenvalue weighted by atomic mass is 9.95. The Labute approximate surface area is 151 Å². The van der Waals surface area contributed by atoms with Gasteiger partial charge in [0.1, 0.15) is 0 Å². The summed E-state index contributed by atoms with van der Waals surface area (Å²) in [4.78, 5) is 6.79. The van der Waals surface area contributed by atoms with Gasteiger partial charge < -0.3 is 15.5 Å². The first kappa shape index (κ1) is 19.4. The van der Waals surface area contributed by atoms with Crippen molar-refractivity contribution in [1.82, 2.24) is 15.5 Å². The monoisotopic (exact) mass is 426 g/mol. The summed E-state index contributed by atoms with van der Waals surface area (Å²) < 4.78 is 0. The first-order valence-electron chi connectivity index (χ1n) is 7.89. The van der Waals surface area contributed by atoms with Crippen LogP contribution in [0.25, 0.3) is 0 Å². The predicted molar refractivity (Wildman–Crippen MR) is 105 cm³/mol. The minimum atomic E-state index is 0. The lowest BCUT2D eigenvalue weighted by molar-refractivity contribution is 0.182. The summed E-state index contributed by atoms with van der Waals surface area (Å²) in [5.74, 6) is 3.47. The quantitative estimate of drug-likeness (QED) is 0.412. The average molecular weight is 426 g/mol. The highest BCUT2D eigenvalue weighted by atomic mass is 127. The molecule has 21 heavy (non-hydrogen) atoms. The number of aliphatic imine (C=N–C) groups is 1. The maximum atomic E-state index is 4.40. The van der Waals surface area contributed by atoms with Gasteiger partial charge in [-0.15, -0.1) is 24.0 Å². The van der Waals surface area contributed by atoms with Gasteiger partial charge in [-0.1, -0.05) is 19.3 Å². The van der Waals surface area contributed by atoms with Crippen molar-refractivity contribution < 1.29 is 0 Å². The molecule has 2 N–H and O–H groups in total. The van der Waals surface area contributed by atoms with E-state index in [4.69, 9.17) is 0 Å². The van der Waals surface area contributed by atoms with Gasteiger partial charge in [-0.3, -0.25) is 4.99 Å². The number of hydrogen-bond acceptors (Lipinski definition) is 3. The molecule has 0 amide bonds. The molecule has 1 aliphatic heterocycles. The maximum Gasteiger partial charge on any atom is 0.191 e. The van der Waals surface area contributed by atoms with E-state index in [1.54, 1.807) is 0 Å². The lowest BCUT2D eigenvalue weighted by Gasteiger charge is -2.36. The Bertz CT molecular complexity index is 324. The van der Waals surface area contributed by atoms with Gasteiger partial charge in [0, 0.05) is 30.9 Å². The van der Waals surface area contributed by atoms with Crippen molar-refractivity contribution >= 4 is 41.7 Å². The number of halogens is 1. The van der Waals surface area contributed by atoms with Crippen LogP contribution in [0.3, 0.4) is 0 Å². The molecule has 1 saturated carbocycles. The van der Waals surface area contributed by atoms with Crippen LogP contribution in [0.2, 0.25) is 0 Å². The summed E-state index contributed by atoms with van der Waals surface area (Å²) in [7, 11) is 6.28. The van der Waals surface area contributed by atoms with Crippen LogP contribution >= 0.6 is 35.7 Å². The Morgan fingerprint density at radius 3 is 2.52 bits per heavy atom. The predicted octanol–water partition coefficient (Wildman–Crippen LogP) is 2.54. The zero-order chi connectivity index (χ0) is 14.4. The van der Waals surface area contributed by atoms with Gasteiger partial charge in [-0.2, -0.15) is 11.8 Å². The van der Waals surface area contributed by atoms with E-state index in [0.717, 1.165) is 12.5 Å². The topological polar surface area (TPSA) is 39.7 Å². The third kappa shape index (κ3) is 5.46. The Balaban J connectivity index is 0.00000220. The number of likely N-dealkylation sites (N-methyl/N-ethyl adjacent to an activating group) is 1. The van der Waals surface area contributed by atoms with E-state index in [1.165, 1.54) is 50.0 Å². The molecule has 1 unspecified atom stereocenters. The summed E-state index contributed by atoms with van der Waals surface area (Å²) in [6.07, 6.45) is 7.94. The molecule has 2 fully saturated rings. The van der Waals surface area contributed by atoms with E-state index in [2.05, 4.69) is 46.4 Å². The Morgan fingerprint density at radius 2 is 2.00 bits per heavy atom. The second-order valence-electron chi connectivity index (χ2n) is 6.33. The maximum absolute atomic E-state index is 4.40. The van der Waals surface area contributed by atoms with Crippen molar-refractivity contribution in [3.05, 3.63) is 0 Å². The van der Waals surface area contributed by atoms with Crippen LogP contribution in [-0.4, -0.2) is 61.6 Å². The average Bonchev–Trinajstić information content (AvgIpc) is 2.95. The molecule has 0 spiro atoms. The zero-order valence-corrected chi connectivity index (χ0v) is 16.8. The molecule has 0 aromatic carbocycles. The molecule has 6 heteroatoms. The molecule has 124 valence electrons. The molecule has 0 bridgehead atoms. The van der Waals surface area contributed by atoms with Crippen LogP contribution in [0, 0.1) is 0 Å². The second-order valence-corrected chi connectivity index (χ2v) is 7.43. The molecular weight excluding hydrogens is 395 g/mol. The standard InChI is InChI=1S/C15H30N4S.HI/c1-16-14(18-13-7-5-4-6-8-13)17-11-15(19(2)3)9-10-20-12-15;/h13H,4-12H2,1-3H3,(H2,16,17,18);1H. The van der Waals surface area contributed by atoms with Crippen molar-refractivity contribution in [2.24, 2.45) is 4.99 Å². The van der Waals surface area contributed by atoms with E-state index in [1.807, 2.05) is 7.05 Å². The molecule has 1 saturated heterocycles. The smallest absolute Gasteiger partial charge is 0.191 e. The largest absolute Gasteiger partial charge is 0.355 e. The fraction of sp³-hybridized carbons (Fsp3) is 0.933. The fourth-order valence-corrected chi connectivity index (χ4v) is 4.68. The van der Waals surface area contributed by atoms with E-state index >= 15 is 0 Å². The Kier molecular flexibility index (Phi) is 8.71. The van der Waals surface area contributed by atoms with Gasteiger partial charge >= 0.3 is 0 Å². The number of nitrogens with zero attached hydrogens (tertiary/aromatic N) is 2. The normalized spacial score (nSPS) is 27.5. The van der Waals surface area contributed by atoms with Gasteiger partial charge in [0.05, 0.1) is 0 Å². The molecule has 2 rings (SSSR count). The molecule has 0 aromatic heterocycles. The molecule has 0 aromatic rings. The van der Waals surface area contributed by atoms with Crippen molar-refractivity contribution in [2.45, 2.75) is 50.1 Å². The first-order chi connectivity index (χ1) is 9.66. The third-order valence-corrected chi connectivity index (χ3v) is 6.02. The molecule has 1 heterocycles. The van der Waals surface area contributed by atoms with E-state index < -0.39 is 0 Å². The minimum Gasteiger partial charge on any atom is -0.355 e. The van der Waals surface area contributed by atoms with Crippen LogP contribution in [0.15, 0.2) is 4.99 Å². The summed E-state index contributed by atoms with van der Waals surface area (Å²) in [6.45, 7) is 0.986. The van der Waals surface area contributed by atoms with Crippen LogP contribution in [0.1, 0.15) is 38.5 Å². The second kappa shape index (κ2) is 9.45. The first-order valence-corrected chi connectivity index (χ1v) is 9.04. The number of hydrogen-bond donors (Lipinski definition) is 2. The molecule has 2 aliphatic rings. The van der Waals surface area contributed by atoms with Crippen molar-refractivity contribution in [2.75, 3.05) is 39.2 Å². The highest BCUT2D eigenvalue weighted by molar-refractivity contribution is 14.0. The number of nitrogens with one attached hydrogen (secondary N) is 2. The van der Waals surface area contributed by atoms with Crippen molar-refractivity contribution in [1.29, 1.82) is 0 Å². The molecule has 1 atom stereocenters. The Morgan fingerprint density at radius 1 is 1.29 bits per heavy atom. The number of thioether (sulfide) groups is 1. The van der Waals surface area contributed by atoms with Crippen molar-refractivity contribution in [3.63, 3.8) is 0 Å². The summed E-state index contributed by atoms with van der Waals surface area (Å²) in [5, 5.41) is 7.16. The lowest BCUT2D eigenvalue weighted by Crippen LogP contribution is -2.55. The molecule has 4 nitrogen and oxygen atoms in total. The number of rotatable bonds is 4. The van der Waals surface area contributed by atoms with Crippen LogP contribution in [0.4, 0.5) is 0 Å². The third-order valence-electron chi connectivity index (χ3n) is 4.79. The summed E-state index contributed by atoms with van der Waals surface area (Å²) in [6, 6.07) is 0.614. The Hall–Kier alpha value is 0.310. The van der Waals surface area contributed by atoms with Crippen molar-refractivity contribution in [3.8, 4) is 0 Å². The minimum absolute atomic E-state index is 0. The molecule has 0 radical (unpaired) electrons. The van der Waals surface area contributed by atoms with Gasteiger partial charge in [0.2, 0.25) is 0 Å². The highest BCUT2D eigenvalue weighted by Gasteiger charge is 2.36. The highest BCUT2D eigenvalue weighted by Crippen LogP contribution is 2.31. The van der Waals surface area contributed by atoms with E-state index in [0.29, 0.717) is 6.04 Å². The SMILES string of the molecule is CN=C(NCC1(N(C)C)CCSC1)NC1CCCCC1.I. The molecule has 1 aliphatic carbocycles. The van der Waals surface area contributed by atoms with Gasteiger partial charge in [-0.25, -0.2) is 0 Å². The van der Waals surface area contributed by atoms with Gasteiger partial charge in [0.15, 0.2) is 5.96 Å². The molecular formula is C15H31IN4S. The fourth-order valence-electron chi connectivity index (χ4n) is 3.13. The van der Waals surface area contributed by atoms with Gasteiger partial charge in [0.25, 0.3) is 0 Å². The number of guanidine groups is 1. The summed E-state index contributed by atoms with van der Waals surface area (Å²) in [5.41, 5.74) is 0.287. The van der Waals surface area contributed by atoms with Crippen LogP contribution in [-0.2, 0) is 0 Å². The summed E-state index contributed by atoms with van der Waals surface area (Å²) >= 11 is 2.06. The van der Waals surface area contributed by atoms with E-state index in [-0.39, 0.29) is 29.5 Å². The zero-order valence-electron chi connectivity index (χ0n) is 13.7. The van der Waals surface area contributed by atoms with Gasteiger partial charge in [-0.05, 0) is 39.1 Å². The van der Waals surface area contributed by atoms with E-state index in [9.17, 15) is 0 Å². The van der Waals surface area contributed by atoms with Crippen LogP contribution < -0.4 is 10.6 Å². The van der Waals surface area contributed by atoms with Crippen LogP contribution in [0.5, 0.6) is 0 Å².